The number of hydrogen-bond acceptors (Lipinski definition) is 4. The van der Waals surface area contributed by atoms with Gasteiger partial charge in [-0.2, -0.15) is 0 Å². The molecule has 4 rings (SSSR count). The number of carbonyl (C=O) groups is 1. The minimum Gasteiger partial charge on any atom is -0.457 e. The van der Waals surface area contributed by atoms with Crippen molar-refractivity contribution in [2.45, 2.75) is 20.1 Å². The second kappa shape index (κ2) is 7.88. The lowest BCUT2D eigenvalue weighted by Gasteiger charge is -2.09. The van der Waals surface area contributed by atoms with E-state index < -0.39 is 7.12 Å². The number of nitrogens with one attached hydrogen (secondary N) is 1. The summed E-state index contributed by atoms with van der Waals surface area (Å²) in [6, 6.07) is 20.5. The van der Waals surface area contributed by atoms with Crippen molar-refractivity contribution in [3.8, 4) is 11.5 Å². The van der Waals surface area contributed by atoms with Gasteiger partial charge in [-0.3, -0.25) is 4.79 Å². The fraction of sp³-hybridized carbons (Fsp3) is 0.136. The van der Waals surface area contributed by atoms with Crippen LogP contribution in [0.4, 0.5) is 0 Å². The van der Waals surface area contributed by atoms with Crippen molar-refractivity contribution < 1.29 is 19.2 Å². The van der Waals surface area contributed by atoms with E-state index in [1.54, 1.807) is 36.4 Å². The lowest BCUT2D eigenvalue weighted by molar-refractivity contribution is 0.0951. The Kier molecular flexibility index (Phi) is 5.15. The van der Waals surface area contributed by atoms with Crippen LogP contribution >= 0.6 is 0 Å². The monoisotopic (exact) mass is 373 g/mol. The molecule has 0 fully saturated rings. The van der Waals surface area contributed by atoms with Crippen molar-refractivity contribution in [2.24, 2.45) is 0 Å². The summed E-state index contributed by atoms with van der Waals surface area (Å²) in [5, 5.41) is 12.6. The lowest BCUT2D eigenvalue weighted by atomic mass is 9.80. The molecule has 2 N–H and O–H groups in total. The van der Waals surface area contributed by atoms with Crippen LogP contribution in [0.1, 0.15) is 27.0 Å². The lowest BCUT2D eigenvalue weighted by Crippen LogP contribution is -2.27. The van der Waals surface area contributed by atoms with Gasteiger partial charge in [0.15, 0.2) is 0 Å². The van der Waals surface area contributed by atoms with Crippen molar-refractivity contribution >= 4 is 18.5 Å². The molecule has 6 heteroatoms. The van der Waals surface area contributed by atoms with E-state index in [1.807, 2.05) is 37.3 Å². The van der Waals surface area contributed by atoms with Crippen LogP contribution in [0.25, 0.3) is 0 Å². The number of fused-ring (bicyclic) bond motifs is 1. The summed E-state index contributed by atoms with van der Waals surface area (Å²) in [5.41, 5.74) is 4.51. The number of hydrogen-bond donors (Lipinski definition) is 2. The molecule has 1 aliphatic heterocycles. The molecule has 3 aromatic carbocycles. The molecule has 0 spiro atoms. The molecule has 28 heavy (non-hydrogen) atoms. The van der Waals surface area contributed by atoms with Gasteiger partial charge in [0.1, 0.15) is 11.5 Å². The molecule has 0 unspecified atom stereocenters. The predicted octanol–water partition coefficient (Wildman–Crippen LogP) is 2.94. The maximum atomic E-state index is 12.3. The first-order chi connectivity index (χ1) is 13.6. The van der Waals surface area contributed by atoms with E-state index in [1.165, 1.54) is 5.56 Å². The van der Waals surface area contributed by atoms with E-state index in [9.17, 15) is 9.82 Å². The molecule has 0 saturated carbocycles. The highest BCUT2D eigenvalue weighted by molar-refractivity contribution is 6.61. The van der Waals surface area contributed by atoms with Crippen molar-refractivity contribution in [1.82, 2.24) is 5.32 Å². The molecular formula is C22H20BNO4. The quantitative estimate of drug-likeness (QED) is 0.675. The summed E-state index contributed by atoms with van der Waals surface area (Å²) >= 11 is 0. The molecule has 0 radical (unpaired) electrons. The predicted molar refractivity (Wildman–Crippen MR) is 108 cm³/mol. The SMILES string of the molecule is Cc1ccc(CNC(=O)c2ccc(Oc3ccc4c(c3)COB4O)cc2)cc1. The molecule has 1 aliphatic rings. The topological polar surface area (TPSA) is 67.8 Å². The molecule has 0 atom stereocenters. The van der Waals surface area contributed by atoms with Crippen molar-refractivity contribution in [1.29, 1.82) is 0 Å². The Balaban J connectivity index is 1.37. The average Bonchev–Trinajstić information content (AvgIpc) is 3.08. The fourth-order valence-corrected chi connectivity index (χ4v) is 3.07. The van der Waals surface area contributed by atoms with E-state index in [-0.39, 0.29) is 5.91 Å². The van der Waals surface area contributed by atoms with Gasteiger partial charge in [-0.25, -0.2) is 0 Å². The molecule has 140 valence electrons. The Morgan fingerprint density at radius 3 is 2.54 bits per heavy atom. The third-order valence-electron chi connectivity index (χ3n) is 4.70. The number of aryl methyl sites for hydroxylation is 1. The second-order valence-electron chi connectivity index (χ2n) is 6.82. The standard InChI is InChI=1S/C22H20BNO4/c1-15-2-4-16(5-3-15)13-24-22(25)17-6-8-19(9-7-17)28-20-10-11-21-18(12-20)14-27-23(21)26/h2-12,26H,13-14H2,1H3,(H,24,25). The highest BCUT2D eigenvalue weighted by Gasteiger charge is 2.27. The molecule has 1 heterocycles. The van der Waals surface area contributed by atoms with Crippen LogP contribution in [0.15, 0.2) is 66.7 Å². The van der Waals surface area contributed by atoms with Crippen molar-refractivity contribution in [2.75, 3.05) is 0 Å². The minimum atomic E-state index is -0.859. The Bertz CT molecular complexity index is 986. The Labute approximate surface area is 164 Å². The van der Waals surface area contributed by atoms with Gasteiger partial charge in [0.05, 0.1) is 6.61 Å². The third-order valence-corrected chi connectivity index (χ3v) is 4.70. The zero-order chi connectivity index (χ0) is 19.5. The zero-order valence-electron chi connectivity index (χ0n) is 15.5. The minimum absolute atomic E-state index is 0.129. The summed E-state index contributed by atoms with van der Waals surface area (Å²) in [7, 11) is -0.859. The normalized spacial score (nSPS) is 12.6. The first-order valence-electron chi connectivity index (χ1n) is 9.13. The third kappa shape index (κ3) is 4.08. The van der Waals surface area contributed by atoms with E-state index in [2.05, 4.69) is 5.32 Å². The van der Waals surface area contributed by atoms with Crippen molar-refractivity contribution in [3.05, 3.63) is 89.0 Å². The molecule has 0 bridgehead atoms. The number of amides is 1. The van der Waals surface area contributed by atoms with Crippen LogP contribution in [-0.2, 0) is 17.8 Å². The summed E-state index contributed by atoms with van der Waals surface area (Å²) < 4.78 is 11.0. The largest absolute Gasteiger partial charge is 0.491 e. The van der Waals surface area contributed by atoms with Gasteiger partial charge >= 0.3 is 7.12 Å². The van der Waals surface area contributed by atoms with Gasteiger partial charge in [0.25, 0.3) is 5.91 Å². The van der Waals surface area contributed by atoms with Gasteiger partial charge in [0, 0.05) is 12.1 Å². The Morgan fingerprint density at radius 2 is 1.79 bits per heavy atom. The van der Waals surface area contributed by atoms with Crippen LogP contribution in [0.2, 0.25) is 0 Å². The van der Waals surface area contributed by atoms with Crippen LogP contribution in [-0.4, -0.2) is 18.0 Å². The number of benzene rings is 3. The van der Waals surface area contributed by atoms with Gasteiger partial charge in [0.2, 0.25) is 0 Å². The van der Waals surface area contributed by atoms with E-state index in [4.69, 9.17) is 9.39 Å². The summed E-state index contributed by atoms with van der Waals surface area (Å²) in [6.45, 7) is 2.89. The van der Waals surface area contributed by atoms with Gasteiger partial charge < -0.3 is 19.7 Å². The maximum absolute atomic E-state index is 12.3. The number of rotatable bonds is 5. The van der Waals surface area contributed by atoms with Crippen molar-refractivity contribution in [3.63, 3.8) is 0 Å². The Morgan fingerprint density at radius 1 is 1.07 bits per heavy atom. The van der Waals surface area contributed by atoms with E-state index >= 15 is 0 Å². The van der Waals surface area contributed by atoms with Gasteiger partial charge in [-0.05, 0) is 59.9 Å². The Hall–Kier alpha value is -3.09. The van der Waals surface area contributed by atoms with Crippen LogP contribution in [0.3, 0.4) is 0 Å². The summed E-state index contributed by atoms with van der Waals surface area (Å²) in [4.78, 5) is 12.3. The second-order valence-corrected chi connectivity index (χ2v) is 6.82. The smallest absolute Gasteiger partial charge is 0.457 e. The first-order valence-corrected chi connectivity index (χ1v) is 9.13. The zero-order valence-corrected chi connectivity index (χ0v) is 15.5. The van der Waals surface area contributed by atoms with Gasteiger partial charge in [-0.15, -0.1) is 0 Å². The molecular weight excluding hydrogens is 353 g/mol. The van der Waals surface area contributed by atoms with Crippen LogP contribution in [0.5, 0.6) is 11.5 Å². The molecule has 3 aromatic rings. The summed E-state index contributed by atoms with van der Waals surface area (Å²) in [5.74, 6) is 1.17. The first kappa shape index (κ1) is 18.3. The van der Waals surface area contributed by atoms with E-state index in [0.717, 1.165) is 16.6 Å². The fourth-order valence-electron chi connectivity index (χ4n) is 3.07. The highest BCUT2D eigenvalue weighted by Crippen LogP contribution is 2.24. The molecule has 5 nitrogen and oxygen atoms in total. The molecule has 0 saturated heterocycles. The number of ether oxygens (including phenoxy) is 1. The number of carbonyl (C=O) groups excluding carboxylic acids is 1. The molecule has 1 amide bonds. The summed E-state index contributed by atoms with van der Waals surface area (Å²) in [6.07, 6.45) is 0. The van der Waals surface area contributed by atoms with Crippen LogP contribution in [0, 0.1) is 6.92 Å². The average molecular weight is 373 g/mol. The molecule has 0 aromatic heterocycles. The van der Waals surface area contributed by atoms with Gasteiger partial charge in [-0.1, -0.05) is 35.9 Å². The maximum Gasteiger partial charge on any atom is 0.491 e. The molecule has 0 aliphatic carbocycles. The van der Waals surface area contributed by atoms with Crippen LogP contribution < -0.4 is 15.5 Å². The highest BCUT2D eigenvalue weighted by atomic mass is 16.5. The van der Waals surface area contributed by atoms with E-state index in [0.29, 0.717) is 30.2 Å².